The van der Waals surface area contributed by atoms with Crippen molar-refractivity contribution in [2.45, 2.75) is 16.1 Å². The number of nitrogens with zero attached hydrogens (tertiary/aromatic N) is 1. The predicted octanol–water partition coefficient (Wildman–Crippen LogP) is 4.09. The highest BCUT2D eigenvalue weighted by molar-refractivity contribution is 7.91. The molecule has 23 heavy (non-hydrogen) atoms. The molecular weight excluding hydrogens is 327 g/mol. The molecule has 0 fully saturated rings. The van der Waals surface area contributed by atoms with Gasteiger partial charge in [0.05, 0.1) is 16.0 Å². The van der Waals surface area contributed by atoms with Gasteiger partial charge in [-0.05, 0) is 36.4 Å². The number of benzene rings is 2. The Morgan fingerprint density at radius 1 is 0.870 bits per heavy atom. The van der Waals surface area contributed by atoms with E-state index in [1.165, 1.54) is 6.07 Å². The number of halogens is 3. The summed E-state index contributed by atoms with van der Waals surface area (Å²) in [6.45, 7) is 0. The van der Waals surface area contributed by atoms with E-state index in [9.17, 15) is 21.6 Å². The molecule has 0 spiro atoms. The third kappa shape index (κ3) is 2.92. The Labute approximate surface area is 130 Å². The van der Waals surface area contributed by atoms with E-state index >= 15 is 0 Å². The Morgan fingerprint density at radius 3 is 2.35 bits per heavy atom. The zero-order valence-corrected chi connectivity index (χ0v) is 12.4. The number of pyridine rings is 1. The Morgan fingerprint density at radius 2 is 1.61 bits per heavy atom. The van der Waals surface area contributed by atoms with E-state index in [0.29, 0.717) is 11.6 Å². The monoisotopic (exact) mass is 337 g/mol. The van der Waals surface area contributed by atoms with Crippen LogP contribution in [0.5, 0.6) is 0 Å². The molecular formula is C16H10F3NO2S. The van der Waals surface area contributed by atoms with Crippen molar-refractivity contribution < 1.29 is 21.6 Å². The van der Waals surface area contributed by atoms with Crippen LogP contribution < -0.4 is 0 Å². The van der Waals surface area contributed by atoms with Crippen molar-refractivity contribution in [2.24, 2.45) is 0 Å². The van der Waals surface area contributed by atoms with Crippen LogP contribution in [0.3, 0.4) is 0 Å². The first kappa shape index (κ1) is 15.5. The van der Waals surface area contributed by atoms with E-state index in [2.05, 4.69) is 4.98 Å². The van der Waals surface area contributed by atoms with Gasteiger partial charge in [-0.25, -0.2) is 13.4 Å². The molecule has 0 amide bonds. The smallest absolute Gasteiger partial charge is 0.236 e. The molecule has 3 aromatic rings. The number of sulfone groups is 1. The lowest BCUT2D eigenvalue weighted by molar-refractivity contribution is -0.137. The highest BCUT2D eigenvalue weighted by atomic mass is 32.2. The molecule has 0 saturated carbocycles. The third-order valence-corrected chi connectivity index (χ3v) is 4.97. The van der Waals surface area contributed by atoms with E-state index in [1.807, 2.05) is 0 Å². The van der Waals surface area contributed by atoms with Gasteiger partial charge in [0.25, 0.3) is 0 Å². The molecule has 0 saturated heterocycles. The third-order valence-electron chi connectivity index (χ3n) is 3.32. The fourth-order valence-corrected chi connectivity index (χ4v) is 3.40. The second kappa shape index (κ2) is 5.34. The molecule has 0 aliphatic rings. The average molecular weight is 337 g/mol. The summed E-state index contributed by atoms with van der Waals surface area (Å²) < 4.78 is 63.3. The standard InChI is InChI=1S/C16H10F3NO2S/c17-16(18,19)12-5-3-6-13(10-12)23(21,22)15-9-8-11-4-1-2-7-14(11)20-15/h1-10H. The van der Waals surface area contributed by atoms with Crippen molar-refractivity contribution in [1.82, 2.24) is 4.98 Å². The minimum Gasteiger partial charge on any atom is -0.236 e. The van der Waals surface area contributed by atoms with Gasteiger partial charge in [-0.3, -0.25) is 0 Å². The molecule has 0 N–H and O–H groups in total. The number of hydrogen-bond acceptors (Lipinski definition) is 3. The quantitative estimate of drug-likeness (QED) is 0.708. The van der Waals surface area contributed by atoms with E-state index < -0.39 is 26.5 Å². The van der Waals surface area contributed by atoms with Crippen LogP contribution in [-0.4, -0.2) is 13.4 Å². The van der Waals surface area contributed by atoms with E-state index in [0.717, 1.165) is 23.6 Å². The number of hydrogen-bond donors (Lipinski definition) is 0. The summed E-state index contributed by atoms with van der Waals surface area (Å²) in [6, 6.07) is 13.4. The van der Waals surface area contributed by atoms with Gasteiger partial charge in [-0.2, -0.15) is 13.2 Å². The summed E-state index contributed by atoms with van der Waals surface area (Å²) in [5, 5.41) is 0.464. The maximum atomic E-state index is 12.8. The number of alkyl halides is 3. The highest BCUT2D eigenvalue weighted by Crippen LogP contribution is 2.31. The molecule has 0 bridgehead atoms. The van der Waals surface area contributed by atoms with Crippen LogP contribution >= 0.6 is 0 Å². The van der Waals surface area contributed by atoms with Crippen molar-refractivity contribution in [1.29, 1.82) is 0 Å². The Bertz CT molecular complexity index is 982. The number of para-hydroxylation sites is 1. The van der Waals surface area contributed by atoms with Gasteiger partial charge in [-0.15, -0.1) is 0 Å². The maximum Gasteiger partial charge on any atom is 0.416 e. The second-order valence-corrected chi connectivity index (χ2v) is 6.77. The van der Waals surface area contributed by atoms with Gasteiger partial charge >= 0.3 is 6.18 Å². The number of rotatable bonds is 2. The molecule has 0 radical (unpaired) electrons. The lowest BCUT2D eigenvalue weighted by Gasteiger charge is -2.09. The second-order valence-electron chi connectivity index (χ2n) is 4.87. The summed E-state index contributed by atoms with van der Waals surface area (Å²) in [4.78, 5) is 3.61. The molecule has 118 valence electrons. The summed E-state index contributed by atoms with van der Waals surface area (Å²) >= 11 is 0. The van der Waals surface area contributed by atoms with Crippen LogP contribution in [0.4, 0.5) is 13.2 Å². The topological polar surface area (TPSA) is 47.0 Å². The normalized spacial score (nSPS) is 12.5. The van der Waals surface area contributed by atoms with Crippen molar-refractivity contribution >= 4 is 20.7 Å². The van der Waals surface area contributed by atoms with Gasteiger partial charge in [0, 0.05) is 5.39 Å². The predicted molar refractivity (Wildman–Crippen MR) is 78.6 cm³/mol. The van der Waals surface area contributed by atoms with Crippen molar-refractivity contribution in [3.8, 4) is 0 Å². The van der Waals surface area contributed by atoms with Crippen LogP contribution in [0.2, 0.25) is 0 Å². The van der Waals surface area contributed by atoms with Crippen LogP contribution in [0.15, 0.2) is 70.6 Å². The summed E-state index contributed by atoms with van der Waals surface area (Å²) in [6.07, 6.45) is -4.61. The SMILES string of the molecule is O=S(=O)(c1cccc(C(F)(F)F)c1)c1ccc2ccccc2n1. The highest BCUT2D eigenvalue weighted by Gasteiger charge is 2.32. The van der Waals surface area contributed by atoms with Crippen LogP contribution in [-0.2, 0) is 16.0 Å². The number of aromatic nitrogens is 1. The first-order chi connectivity index (χ1) is 10.8. The van der Waals surface area contributed by atoms with Crippen molar-refractivity contribution in [3.63, 3.8) is 0 Å². The van der Waals surface area contributed by atoms with Gasteiger partial charge in [0.2, 0.25) is 9.84 Å². The minimum absolute atomic E-state index is 0.282. The zero-order chi connectivity index (χ0) is 16.7. The lowest BCUT2D eigenvalue weighted by atomic mass is 10.2. The van der Waals surface area contributed by atoms with Gasteiger partial charge < -0.3 is 0 Å². The molecule has 0 aliphatic carbocycles. The largest absolute Gasteiger partial charge is 0.416 e. The molecule has 2 aromatic carbocycles. The molecule has 0 unspecified atom stereocenters. The molecule has 1 aromatic heterocycles. The molecule has 0 atom stereocenters. The summed E-state index contributed by atoms with van der Waals surface area (Å²) in [7, 11) is -4.12. The molecule has 0 aliphatic heterocycles. The van der Waals surface area contributed by atoms with Crippen molar-refractivity contribution in [3.05, 3.63) is 66.2 Å². The Hall–Kier alpha value is -2.41. The Balaban J connectivity index is 2.13. The van der Waals surface area contributed by atoms with Gasteiger partial charge in [-0.1, -0.05) is 24.3 Å². The van der Waals surface area contributed by atoms with Crippen LogP contribution in [0.1, 0.15) is 5.56 Å². The van der Waals surface area contributed by atoms with Gasteiger partial charge in [0.15, 0.2) is 5.03 Å². The fraction of sp³-hybridized carbons (Fsp3) is 0.0625. The fourth-order valence-electron chi connectivity index (χ4n) is 2.16. The molecule has 3 nitrogen and oxygen atoms in total. The average Bonchev–Trinajstić information content (AvgIpc) is 2.53. The van der Waals surface area contributed by atoms with Gasteiger partial charge in [0.1, 0.15) is 0 Å². The lowest BCUT2D eigenvalue weighted by Crippen LogP contribution is -2.09. The summed E-state index contributed by atoms with van der Waals surface area (Å²) in [5.41, 5.74) is -0.556. The molecule has 7 heteroatoms. The zero-order valence-electron chi connectivity index (χ0n) is 11.6. The van der Waals surface area contributed by atoms with E-state index in [1.54, 1.807) is 30.3 Å². The molecule has 1 heterocycles. The minimum atomic E-state index is -4.61. The first-order valence-corrected chi connectivity index (χ1v) is 8.05. The number of fused-ring (bicyclic) bond motifs is 1. The van der Waals surface area contributed by atoms with E-state index in [4.69, 9.17) is 0 Å². The molecule has 3 rings (SSSR count). The maximum absolute atomic E-state index is 12.8. The van der Waals surface area contributed by atoms with E-state index in [-0.39, 0.29) is 5.03 Å². The van der Waals surface area contributed by atoms with Crippen LogP contribution in [0.25, 0.3) is 10.9 Å². The van der Waals surface area contributed by atoms with Crippen LogP contribution in [0, 0.1) is 0 Å². The summed E-state index contributed by atoms with van der Waals surface area (Å²) in [5.74, 6) is 0. The first-order valence-electron chi connectivity index (χ1n) is 6.57. The van der Waals surface area contributed by atoms with Crippen molar-refractivity contribution in [2.75, 3.05) is 0 Å². The Kier molecular flexibility index (Phi) is 3.60.